The lowest BCUT2D eigenvalue weighted by molar-refractivity contribution is 0.432. The Morgan fingerprint density at radius 3 is 2.65 bits per heavy atom. The number of nitrogens with zero attached hydrogens (tertiary/aromatic N) is 2. The van der Waals surface area contributed by atoms with Crippen LogP contribution in [-0.2, 0) is 4.57 Å². The van der Waals surface area contributed by atoms with Crippen LogP contribution in [0.1, 0.15) is 12.8 Å². The van der Waals surface area contributed by atoms with E-state index in [0.29, 0.717) is 13.1 Å². The Morgan fingerprint density at radius 2 is 1.91 bits per heavy atom. The highest BCUT2D eigenvalue weighted by molar-refractivity contribution is 7.71. The largest absolute Gasteiger partial charge is 0.507 e. The number of halogens is 1. The molecule has 1 N–H and O–H groups in total. The predicted octanol–water partition coefficient (Wildman–Crippen LogP) is 3.33. The van der Waals surface area contributed by atoms with E-state index in [9.17, 15) is 14.1 Å². The third kappa shape index (κ3) is 2.11. The summed E-state index contributed by atoms with van der Waals surface area (Å²) in [7, 11) is -3.39. The van der Waals surface area contributed by atoms with Crippen molar-refractivity contribution in [3.8, 4) is 5.75 Å². The molecule has 0 bridgehead atoms. The number of phenols is 1. The van der Waals surface area contributed by atoms with Crippen molar-refractivity contribution in [3.05, 3.63) is 54.3 Å². The van der Waals surface area contributed by atoms with Gasteiger partial charge in [0.2, 0.25) is 0 Å². The fraction of sp³-hybridized carbons (Fsp3) is 0.294. The first-order valence-corrected chi connectivity index (χ1v) is 9.42. The number of aromatic hydroxyl groups is 1. The molecule has 2 aromatic carbocycles. The molecule has 0 aliphatic carbocycles. The molecule has 23 heavy (non-hydrogen) atoms. The molecule has 4 rings (SSSR count). The maximum Gasteiger partial charge on any atom is 0.276 e. The van der Waals surface area contributed by atoms with Gasteiger partial charge >= 0.3 is 0 Å². The molecule has 4 nitrogen and oxygen atoms in total. The minimum atomic E-state index is -3.39. The van der Waals surface area contributed by atoms with Crippen molar-refractivity contribution < 1.29 is 14.1 Å². The van der Waals surface area contributed by atoms with E-state index >= 15 is 0 Å². The average Bonchev–Trinajstić information content (AvgIpc) is 3.11. The van der Waals surface area contributed by atoms with Gasteiger partial charge in [-0.3, -0.25) is 4.57 Å². The van der Waals surface area contributed by atoms with Crippen molar-refractivity contribution in [1.29, 1.82) is 0 Å². The second-order valence-corrected chi connectivity index (χ2v) is 8.56. The number of phenolic OH excluding ortho intramolecular Hbond substituents is 1. The summed E-state index contributed by atoms with van der Waals surface area (Å²) < 4.78 is 32.2. The van der Waals surface area contributed by atoms with Crippen LogP contribution in [0.4, 0.5) is 10.1 Å². The standard InChI is InChI=1S/C17H18FN2O2P/c18-15-9-4-10-16(21)17(15)23(22)19-11-5-8-14(19)12-20(23)13-6-2-1-3-7-13/h1-4,6-7,9-10,14,21H,5,8,11-12H2/t14-,23-/m0/s1. The molecule has 0 radical (unpaired) electrons. The average molecular weight is 332 g/mol. The zero-order valence-corrected chi connectivity index (χ0v) is 13.5. The molecule has 2 aliphatic heterocycles. The lowest BCUT2D eigenvalue weighted by Gasteiger charge is -2.31. The second kappa shape index (κ2) is 5.36. The van der Waals surface area contributed by atoms with Crippen LogP contribution in [0.5, 0.6) is 5.75 Å². The summed E-state index contributed by atoms with van der Waals surface area (Å²) in [6.45, 7) is 1.26. The Bertz CT molecular complexity index is 763. The molecule has 2 fully saturated rings. The van der Waals surface area contributed by atoms with Gasteiger partial charge in [0.25, 0.3) is 7.44 Å². The Kier molecular flexibility index (Phi) is 3.43. The second-order valence-electron chi connectivity index (χ2n) is 6.03. The number of rotatable bonds is 2. The van der Waals surface area contributed by atoms with Crippen molar-refractivity contribution >= 4 is 18.4 Å². The van der Waals surface area contributed by atoms with Crippen LogP contribution in [0.25, 0.3) is 0 Å². The molecule has 0 spiro atoms. The fourth-order valence-electron chi connectivity index (χ4n) is 3.72. The molecular weight excluding hydrogens is 314 g/mol. The molecule has 0 saturated carbocycles. The molecule has 2 saturated heterocycles. The van der Waals surface area contributed by atoms with Gasteiger partial charge in [0.05, 0.1) is 0 Å². The van der Waals surface area contributed by atoms with Crippen LogP contribution >= 0.6 is 7.44 Å². The number of hydrogen-bond donors (Lipinski definition) is 1. The summed E-state index contributed by atoms with van der Waals surface area (Å²) in [4.78, 5) is 0. The van der Waals surface area contributed by atoms with Crippen LogP contribution in [0.3, 0.4) is 0 Å². The van der Waals surface area contributed by atoms with Crippen LogP contribution in [0.15, 0.2) is 48.5 Å². The number of para-hydroxylation sites is 1. The van der Waals surface area contributed by atoms with E-state index in [4.69, 9.17) is 0 Å². The summed E-state index contributed by atoms with van der Waals surface area (Å²) in [6.07, 6.45) is 1.90. The van der Waals surface area contributed by atoms with Gasteiger partial charge in [0, 0.05) is 24.8 Å². The number of benzene rings is 2. The normalized spacial score (nSPS) is 27.3. The molecule has 2 atom stereocenters. The van der Waals surface area contributed by atoms with E-state index in [1.54, 1.807) is 4.67 Å². The highest BCUT2D eigenvalue weighted by Gasteiger charge is 2.53. The lowest BCUT2D eigenvalue weighted by atomic mass is 10.2. The lowest BCUT2D eigenvalue weighted by Crippen LogP contribution is -2.29. The zero-order chi connectivity index (χ0) is 16.0. The van der Waals surface area contributed by atoms with Crippen LogP contribution in [0, 0.1) is 5.82 Å². The van der Waals surface area contributed by atoms with Gasteiger partial charge in [-0.15, -0.1) is 0 Å². The van der Waals surface area contributed by atoms with E-state index in [1.165, 1.54) is 18.2 Å². The van der Waals surface area contributed by atoms with Crippen LogP contribution in [-0.4, -0.2) is 28.9 Å². The molecule has 0 unspecified atom stereocenters. The molecule has 0 aromatic heterocycles. The van der Waals surface area contributed by atoms with Crippen LogP contribution in [0.2, 0.25) is 0 Å². The zero-order valence-electron chi connectivity index (χ0n) is 12.6. The van der Waals surface area contributed by atoms with Crippen molar-refractivity contribution in [2.24, 2.45) is 0 Å². The van der Waals surface area contributed by atoms with E-state index in [-0.39, 0.29) is 17.1 Å². The molecule has 2 aliphatic rings. The minimum Gasteiger partial charge on any atom is -0.507 e. The number of hydrogen-bond acceptors (Lipinski definition) is 2. The minimum absolute atomic E-state index is 0.0618. The van der Waals surface area contributed by atoms with E-state index in [0.717, 1.165) is 18.5 Å². The van der Waals surface area contributed by atoms with Crippen molar-refractivity contribution in [3.63, 3.8) is 0 Å². The first-order valence-electron chi connectivity index (χ1n) is 7.80. The van der Waals surface area contributed by atoms with Gasteiger partial charge in [-0.05, 0) is 37.1 Å². The number of anilines is 1. The predicted molar refractivity (Wildman–Crippen MR) is 88.8 cm³/mol. The van der Waals surface area contributed by atoms with E-state index < -0.39 is 13.3 Å². The van der Waals surface area contributed by atoms with Crippen molar-refractivity contribution in [2.45, 2.75) is 18.9 Å². The Labute approximate surface area is 134 Å². The summed E-state index contributed by atoms with van der Waals surface area (Å²) in [6, 6.07) is 13.7. The van der Waals surface area contributed by atoms with Gasteiger partial charge in [0.15, 0.2) is 0 Å². The smallest absolute Gasteiger partial charge is 0.276 e. The summed E-state index contributed by atoms with van der Waals surface area (Å²) in [5, 5.41) is 10.2. The fourth-order valence-corrected chi connectivity index (χ4v) is 7.12. The summed E-state index contributed by atoms with van der Waals surface area (Å²) in [5.41, 5.74) is 0.799. The molecule has 2 heterocycles. The van der Waals surface area contributed by atoms with Gasteiger partial charge in [-0.25, -0.2) is 9.06 Å². The first kappa shape index (κ1) is 14.7. The van der Waals surface area contributed by atoms with E-state index in [1.807, 2.05) is 35.0 Å². The quantitative estimate of drug-likeness (QED) is 0.857. The monoisotopic (exact) mass is 332 g/mol. The summed E-state index contributed by atoms with van der Waals surface area (Å²) in [5.74, 6) is -0.844. The Balaban J connectivity index is 1.92. The highest BCUT2D eigenvalue weighted by Crippen LogP contribution is 2.63. The molecule has 2 aromatic rings. The summed E-state index contributed by atoms with van der Waals surface area (Å²) >= 11 is 0. The van der Waals surface area contributed by atoms with Gasteiger partial charge < -0.3 is 9.78 Å². The Morgan fingerprint density at radius 1 is 1.13 bits per heavy atom. The number of fused-ring (bicyclic) bond motifs is 1. The maximum atomic E-state index is 14.5. The highest BCUT2D eigenvalue weighted by atomic mass is 31.2. The van der Waals surface area contributed by atoms with Crippen LogP contribution < -0.4 is 9.97 Å². The third-order valence-corrected chi connectivity index (χ3v) is 8.01. The molecule has 6 heteroatoms. The van der Waals surface area contributed by atoms with Gasteiger partial charge in [-0.2, -0.15) is 0 Å². The SMILES string of the molecule is O=[P@]1(c2c(O)cccc2F)N(c2ccccc2)C[C@@H]2CCCN21. The molecule has 0 amide bonds. The van der Waals surface area contributed by atoms with Crippen molar-refractivity contribution in [2.75, 3.05) is 17.8 Å². The molecule has 120 valence electrons. The Hall–Kier alpha value is -1.84. The van der Waals surface area contributed by atoms with Gasteiger partial charge in [0.1, 0.15) is 16.9 Å². The molecular formula is C17H18FN2O2P. The topological polar surface area (TPSA) is 43.8 Å². The van der Waals surface area contributed by atoms with E-state index in [2.05, 4.69) is 0 Å². The third-order valence-electron chi connectivity index (χ3n) is 4.72. The van der Waals surface area contributed by atoms with Gasteiger partial charge in [-0.1, -0.05) is 24.3 Å². The van der Waals surface area contributed by atoms with Crippen molar-refractivity contribution in [1.82, 2.24) is 4.67 Å². The first-order chi connectivity index (χ1) is 11.1. The maximum absolute atomic E-state index is 14.5.